The standard InChI is InChI=1S/C12H10F2N2O4/c1-6(17)10(7(2)18)16-15-8-4-3-5-9-11(8)20-12(13,14)19-9/h3-5,17H,1-2H3/b10-6+,16-15?. The molecule has 6 nitrogen and oxygen atoms in total. The second-order valence-electron chi connectivity index (χ2n) is 3.96. The van der Waals surface area contributed by atoms with Gasteiger partial charge in [-0.3, -0.25) is 4.79 Å². The number of benzene rings is 1. The maximum atomic E-state index is 13.0. The van der Waals surface area contributed by atoms with Crippen LogP contribution in [0.25, 0.3) is 0 Å². The maximum Gasteiger partial charge on any atom is 0.586 e. The molecule has 0 bridgehead atoms. The van der Waals surface area contributed by atoms with Crippen molar-refractivity contribution in [2.24, 2.45) is 10.2 Å². The van der Waals surface area contributed by atoms with E-state index in [0.717, 1.165) is 0 Å². The third kappa shape index (κ3) is 2.73. The van der Waals surface area contributed by atoms with Gasteiger partial charge in [-0.1, -0.05) is 6.07 Å². The Morgan fingerprint density at radius 3 is 2.60 bits per heavy atom. The van der Waals surface area contributed by atoms with Crippen LogP contribution in [-0.2, 0) is 4.79 Å². The van der Waals surface area contributed by atoms with Crippen LogP contribution in [0.5, 0.6) is 11.5 Å². The van der Waals surface area contributed by atoms with Crippen LogP contribution in [0.1, 0.15) is 13.8 Å². The normalized spacial score (nSPS) is 17.2. The average molecular weight is 284 g/mol. The molecule has 1 N–H and O–H groups in total. The quantitative estimate of drug-likeness (QED) is 0.523. The number of Topliss-reactive ketones (excluding diaryl/α,β-unsaturated/α-hetero) is 1. The van der Waals surface area contributed by atoms with E-state index in [2.05, 4.69) is 19.7 Å². The molecule has 1 aliphatic heterocycles. The highest BCUT2D eigenvalue weighted by molar-refractivity contribution is 5.93. The lowest BCUT2D eigenvalue weighted by atomic mass is 10.3. The molecule has 0 unspecified atom stereocenters. The summed E-state index contributed by atoms with van der Waals surface area (Å²) in [5, 5.41) is 16.4. The number of carbonyl (C=O) groups is 1. The average Bonchev–Trinajstić information content (AvgIpc) is 2.63. The van der Waals surface area contributed by atoms with Crippen molar-refractivity contribution in [2.45, 2.75) is 20.1 Å². The first-order valence-corrected chi connectivity index (χ1v) is 5.51. The molecule has 0 radical (unpaired) electrons. The third-order valence-electron chi connectivity index (χ3n) is 2.34. The number of carbonyl (C=O) groups excluding carboxylic acids is 1. The van der Waals surface area contributed by atoms with E-state index in [1.165, 1.54) is 32.0 Å². The molecule has 0 saturated heterocycles. The summed E-state index contributed by atoms with van der Waals surface area (Å²) < 4.78 is 34.5. The van der Waals surface area contributed by atoms with Gasteiger partial charge in [-0.05, 0) is 19.1 Å². The van der Waals surface area contributed by atoms with Crippen molar-refractivity contribution < 1.29 is 28.2 Å². The van der Waals surface area contributed by atoms with Crippen molar-refractivity contribution in [3.63, 3.8) is 0 Å². The Balaban J connectivity index is 2.36. The van der Waals surface area contributed by atoms with E-state index in [-0.39, 0.29) is 28.6 Å². The summed E-state index contributed by atoms with van der Waals surface area (Å²) in [7, 11) is 0. The Hall–Kier alpha value is -2.51. The molecule has 0 aromatic heterocycles. The van der Waals surface area contributed by atoms with Gasteiger partial charge in [0.1, 0.15) is 11.4 Å². The predicted molar refractivity (Wildman–Crippen MR) is 63.2 cm³/mol. The molecule has 1 heterocycles. The molecule has 1 aromatic rings. The van der Waals surface area contributed by atoms with Crippen LogP contribution in [0.2, 0.25) is 0 Å². The lowest BCUT2D eigenvalue weighted by Crippen LogP contribution is -2.25. The van der Waals surface area contributed by atoms with E-state index in [9.17, 15) is 18.7 Å². The van der Waals surface area contributed by atoms with Crippen LogP contribution < -0.4 is 9.47 Å². The lowest BCUT2D eigenvalue weighted by molar-refractivity contribution is -0.286. The molecule has 106 valence electrons. The number of para-hydroxylation sites is 1. The van der Waals surface area contributed by atoms with Gasteiger partial charge in [0, 0.05) is 6.92 Å². The van der Waals surface area contributed by atoms with Crippen molar-refractivity contribution in [3.8, 4) is 11.5 Å². The number of allylic oxidation sites excluding steroid dienone is 2. The number of ketones is 1. The topological polar surface area (TPSA) is 80.5 Å². The van der Waals surface area contributed by atoms with E-state index in [4.69, 9.17) is 0 Å². The highest BCUT2D eigenvalue weighted by Gasteiger charge is 2.44. The van der Waals surface area contributed by atoms with Crippen LogP contribution >= 0.6 is 0 Å². The first-order valence-electron chi connectivity index (χ1n) is 5.51. The first kappa shape index (κ1) is 13.9. The molecule has 0 aliphatic carbocycles. The number of azo groups is 1. The highest BCUT2D eigenvalue weighted by atomic mass is 19.3. The molecule has 0 fully saturated rings. The fourth-order valence-electron chi connectivity index (χ4n) is 1.54. The smallest absolute Gasteiger partial charge is 0.510 e. The number of hydrogen-bond donors (Lipinski definition) is 1. The summed E-state index contributed by atoms with van der Waals surface area (Å²) >= 11 is 0. The fourth-order valence-corrected chi connectivity index (χ4v) is 1.54. The predicted octanol–water partition coefficient (Wildman–Crippen LogP) is 3.47. The zero-order chi connectivity index (χ0) is 14.9. The van der Waals surface area contributed by atoms with E-state index in [0.29, 0.717) is 0 Å². The van der Waals surface area contributed by atoms with E-state index < -0.39 is 12.1 Å². The van der Waals surface area contributed by atoms with Crippen LogP contribution in [-0.4, -0.2) is 17.2 Å². The summed E-state index contributed by atoms with van der Waals surface area (Å²) in [6.07, 6.45) is -3.76. The third-order valence-corrected chi connectivity index (χ3v) is 2.34. The molecule has 20 heavy (non-hydrogen) atoms. The van der Waals surface area contributed by atoms with Gasteiger partial charge in [0.15, 0.2) is 23.0 Å². The number of fused-ring (bicyclic) bond motifs is 1. The summed E-state index contributed by atoms with van der Waals surface area (Å²) in [5.41, 5.74) is -0.312. The fraction of sp³-hybridized carbons (Fsp3) is 0.250. The monoisotopic (exact) mass is 284 g/mol. The van der Waals surface area contributed by atoms with Crippen molar-refractivity contribution in [2.75, 3.05) is 0 Å². The molecule has 1 aliphatic rings. The van der Waals surface area contributed by atoms with Gasteiger partial charge in [0.2, 0.25) is 0 Å². The summed E-state index contributed by atoms with van der Waals surface area (Å²) in [6.45, 7) is 2.45. The van der Waals surface area contributed by atoms with Crippen molar-refractivity contribution in [3.05, 3.63) is 29.7 Å². The van der Waals surface area contributed by atoms with Gasteiger partial charge in [-0.25, -0.2) is 0 Å². The second-order valence-corrected chi connectivity index (χ2v) is 3.96. The summed E-state index contributed by atoms with van der Waals surface area (Å²) in [4.78, 5) is 11.2. The van der Waals surface area contributed by atoms with Crippen LogP contribution in [0.15, 0.2) is 39.9 Å². The molecule has 0 saturated carbocycles. The SMILES string of the molecule is CC(=O)/C(N=Nc1cccc2c1OC(F)(F)O2)=C(/C)O. The van der Waals surface area contributed by atoms with Crippen molar-refractivity contribution in [1.82, 2.24) is 0 Å². The molecule has 0 atom stereocenters. The Bertz CT molecular complexity index is 622. The van der Waals surface area contributed by atoms with Gasteiger partial charge in [0.05, 0.1) is 0 Å². The lowest BCUT2D eigenvalue weighted by Gasteiger charge is -2.04. The molecule has 0 spiro atoms. The minimum atomic E-state index is -3.76. The zero-order valence-electron chi connectivity index (χ0n) is 10.6. The molecular formula is C12H10F2N2O4. The van der Waals surface area contributed by atoms with Crippen LogP contribution in [0.3, 0.4) is 0 Å². The number of nitrogens with zero attached hydrogens (tertiary/aromatic N) is 2. The zero-order valence-corrected chi connectivity index (χ0v) is 10.6. The van der Waals surface area contributed by atoms with Gasteiger partial charge < -0.3 is 14.6 Å². The molecule has 0 amide bonds. The number of halogens is 2. The van der Waals surface area contributed by atoms with Crippen molar-refractivity contribution >= 4 is 11.5 Å². The Morgan fingerprint density at radius 1 is 1.30 bits per heavy atom. The molecular weight excluding hydrogens is 274 g/mol. The van der Waals surface area contributed by atoms with Gasteiger partial charge in [-0.2, -0.15) is 0 Å². The number of aliphatic hydroxyl groups is 1. The number of ether oxygens (including phenoxy) is 2. The molecule has 8 heteroatoms. The van der Waals surface area contributed by atoms with Crippen LogP contribution in [0.4, 0.5) is 14.5 Å². The Morgan fingerprint density at radius 2 is 2.00 bits per heavy atom. The van der Waals surface area contributed by atoms with Gasteiger partial charge >= 0.3 is 6.29 Å². The molecule has 2 rings (SSSR count). The first-order chi connectivity index (χ1) is 9.30. The Kier molecular flexibility index (Phi) is 3.39. The highest BCUT2D eigenvalue weighted by Crippen LogP contribution is 2.47. The number of aliphatic hydroxyl groups excluding tert-OH is 1. The Labute approximate surface area is 112 Å². The van der Waals surface area contributed by atoms with Gasteiger partial charge in [-0.15, -0.1) is 19.0 Å². The summed E-state index contributed by atoms with van der Waals surface area (Å²) in [5.74, 6) is -1.29. The van der Waals surface area contributed by atoms with E-state index in [1.807, 2.05) is 0 Å². The second kappa shape index (κ2) is 4.87. The minimum absolute atomic E-state index is 0.0420. The number of rotatable bonds is 3. The maximum absolute atomic E-state index is 13.0. The minimum Gasteiger partial charge on any atom is -0.510 e. The largest absolute Gasteiger partial charge is 0.586 e. The number of hydrogen-bond acceptors (Lipinski definition) is 6. The molecule has 1 aromatic carbocycles. The van der Waals surface area contributed by atoms with E-state index in [1.54, 1.807) is 0 Å². The number of alkyl halides is 2. The van der Waals surface area contributed by atoms with Crippen LogP contribution in [0, 0.1) is 0 Å². The van der Waals surface area contributed by atoms with Crippen molar-refractivity contribution in [1.29, 1.82) is 0 Å². The van der Waals surface area contributed by atoms with E-state index >= 15 is 0 Å². The summed E-state index contributed by atoms with van der Waals surface area (Å²) in [6, 6.07) is 4.06. The van der Waals surface area contributed by atoms with Gasteiger partial charge in [0.25, 0.3) is 0 Å².